The summed E-state index contributed by atoms with van der Waals surface area (Å²) in [7, 11) is 0. The van der Waals surface area contributed by atoms with Crippen molar-refractivity contribution in [3.8, 4) is 17.1 Å². The third-order valence-corrected chi connectivity index (χ3v) is 8.60. The Morgan fingerprint density at radius 2 is 1.77 bits per heavy atom. The first-order chi connectivity index (χ1) is 19.0. The zero-order valence-corrected chi connectivity index (χ0v) is 24.1. The maximum Gasteiger partial charge on any atom is 0.270 e. The normalized spacial score (nSPS) is 11.9. The van der Waals surface area contributed by atoms with E-state index in [4.69, 9.17) is 11.6 Å². The van der Waals surface area contributed by atoms with Crippen LogP contribution in [-0.4, -0.2) is 31.7 Å². The molecule has 5 aromatic rings. The molecular formula is C30H28ClN5OS2. The van der Waals surface area contributed by atoms with E-state index in [0.29, 0.717) is 22.3 Å². The summed E-state index contributed by atoms with van der Waals surface area (Å²) in [5, 5.41) is 16.1. The Labute approximate surface area is 241 Å². The monoisotopic (exact) mass is 573 g/mol. The molecule has 0 saturated carbocycles. The summed E-state index contributed by atoms with van der Waals surface area (Å²) in [6, 6.07) is 26.1. The molecule has 0 spiro atoms. The molecule has 0 radical (unpaired) electrons. The van der Waals surface area contributed by atoms with Crippen LogP contribution in [0.15, 0.2) is 89.4 Å². The molecule has 1 unspecified atom stereocenters. The molecule has 39 heavy (non-hydrogen) atoms. The van der Waals surface area contributed by atoms with Crippen LogP contribution < -0.4 is 5.32 Å². The fourth-order valence-electron chi connectivity index (χ4n) is 4.22. The standard InChI is InChI=1S/C30H28ClN5OS2/c1-20-10-6-9-15-26(20)36-28(23-13-7-8-14-24(23)31)34-35-30(36)39-19-27-33-25(18-38-27)29(37)32-21(2)16-17-22-11-4-3-5-12-22/h3-15,18,21H,16-17,19H2,1-2H3,(H,32,37). The summed E-state index contributed by atoms with van der Waals surface area (Å²) in [5.41, 5.74) is 4.61. The number of rotatable bonds is 10. The first kappa shape index (κ1) is 27.1. The Balaban J connectivity index is 1.28. The largest absolute Gasteiger partial charge is 0.348 e. The maximum atomic E-state index is 12.8. The summed E-state index contributed by atoms with van der Waals surface area (Å²) in [6.45, 7) is 4.09. The number of amides is 1. The van der Waals surface area contributed by atoms with Crippen LogP contribution in [0.25, 0.3) is 17.1 Å². The van der Waals surface area contributed by atoms with E-state index in [1.807, 2.05) is 77.5 Å². The van der Waals surface area contributed by atoms with Crippen LogP contribution in [0.5, 0.6) is 0 Å². The van der Waals surface area contributed by atoms with E-state index in [-0.39, 0.29) is 11.9 Å². The molecule has 2 aromatic heterocycles. The van der Waals surface area contributed by atoms with Gasteiger partial charge in [-0.15, -0.1) is 21.5 Å². The molecule has 198 valence electrons. The molecule has 0 bridgehead atoms. The van der Waals surface area contributed by atoms with E-state index in [2.05, 4.69) is 45.6 Å². The van der Waals surface area contributed by atoms with Crippen molar-refractivity contribution in [2.75, 3.05) is 0 Å². The van der Waals surface area contributed by atoms with E-state index < -0.39 is 0 Å². The predicted octanol–water partition coefficient (Wildman–Crippen LogP) is 7.40. The molecule has 1 amide bonds. The van der Waals surface area contributed by atoms with Crippen molar-refractivity contribution in [1.29, 1.82) is 0 Å². The molecule has 5 rings (SSSR count). The van der Waals surface area contributed by atoms with Gasteiger partial charge in [0, 0.05) is 17.0 Å². The molecule has 6 nitrogen and oxygen atoms in total. The fraction of sp³-hybridized carbons (Fsp3) is 0.200. The van der Waals surface area contributed by atoms with Crippen molar-refractivity contribution in [1.82, 2.24) is 25.1 Å². The molecule has 2 heterocycles. The number of nitrogens with zero attached hydrogens (tertiary/aromatic N) is 4. The van der Waals surface area contributed by atoms with E-state index in [1.54, 1.807) is 0 Å². The number of hydrogen-bond donors (Lipinski definition) is 1. The second-order valence-electron chi connectivity index (χ2n) is 9.22. The topological polar surface area (TPSA) is 72.7 Å². The number of carbonyl (C=O) groups excluding carboxylic acids is 1. The highest BCUT2D eigenvalue weighted by Crippen LogP contribution is 2.34. The lowest BCUT2D eigenvalue weighted by Crippen LogP contribution is -2.33. The Morgan fingerprint density at radius 1 is 1.03 bits per heavy atom. The summed E-state index contributed by atoms with van der Waals surface area (Å²) >= 11 is 9.53. The van der Waals surface area contributed by atoms with Crippen molar-refractivity contribution >= 4 is 40.6 Å². The number of aryl methyl sites for hydroxylation is 2. The van der Waals surface area contributed by atoms with E-state index in [9.17, 15) is 4.79 Å². The van der Waals surface area contributed by atoms with Gasteiger partial charge in [0.25, 0.3) is 5.91 Å². The number of halogens is 1. The average molecular weight is 574 g/mol. The zero-order chi connectivity index (χ0) is 27.2. The van der Waals surface area contributed by atoms with Gasteiger partial charge in [0.2, 0.25) is 0 Å². The van der Waals surface area contributed by atoms with Crippen LogP contribution >= 0.6 is 34.7 Å². The quantitative estimate of drug-likeness (QED) is 0.176. The zero-order valence-electron chi connectivity index (χ0n) is 21.7. The number of thiazole rings is 1. The van der Waals surface area contributed by atoms with Gasteiger partial charge >= 0.3 is 0 Å². The lowest BCUT2D eigenvalue weighted by atomic mass is 10.1. The fourth-order valence-corrected chi connectivity index (χ4v) is 6.17. The Morgan fingerprint density at radius 3 is 2.56 bits per heavy atom. The van der Waals surface area contributed by atoms with Crippen LogP contribution in [0, 0.1) is 6.92 Å². The number of hydrogen-bond acceptors (Lipinski definition) is 6. The minimum atomic E-state index is -0.146. The second kappa shape index (κ2) is 12.6. The van der Waals surface area contributed by atoms with Crippen LogP contribution in [0.2, 0.25) is 5.02 Å². The van der Waals surface area contributed by atoms with Crippen molar-refractivity contribution < 1.29 is 4.79 Å². The van der Waals surface area contributed by atoms with Gasteiger partial charge in [0.15, 0.2) is 11.0 Å². The molecule has 0 aliphatic rings. The highest BCUT2D eigenvalue weighted by molar-refractivity contribution is 7.98. The second-order valence-corrected chi connectivity index (χ2v) is 11.5. The van der Waals surface area contributed by atoms with E-state index >= 15 is 0 Å². The Kier molecular flexibility index (Phi) is 8.76. The van der Waals surface area contributed by atoms with Crippen molar-refractivity contribution in [2.45, 2.75) is 43.6 Å². The Hall–Kier alpha value is -3.46. The van der Waals surface area contributed by atoms with Crippen LogP contribution in [0.4, 0.5) is 0 Å². The smallest absolute Gasteiger partial charge is 0.270 e. The molecule has 9 heteroatoms. The minimum Gasteiger partial charge on any atom is -0.348 e. The molecule has 1 atom stereocenters. The summed E-state index contributed by atoms with van der Waals surface area (Å²) in [6.07, 6.45) is 1.78. The number of nitrogens with one attached hydrogen (secondary N) is 1. The van der Waals surface area contributed by atoms with Gasteiger partial charge in [-0.3, -0.25) is 9.36 Å². The summed E-state index contributed by atoms with van der Waals surface area (Å²) in [4.78, 5) is 17.4. The van der Waals surface area contributed by atoms with E-state index in [0.717, 1.165) is 39.8 Å². The lowest BCUT2D eigenvalue weighted by Gasteiger charge is -2.13. The Bertz CT molecular complexity index is 1570. The van der Waals surface area contributed by atoms with Crippen LogP contribution in [0.3, 0.4) is 0 Å². The average Bonchev–Trinajstić information content (AvgIpc) is 3.59. The maximum absolute atomic E-state index is 12.8. The van der Waals surface area contributed by atoms with Gasteiger partial charge in [-0.05, 0) is 56.0 Å². The highest BCUT2D eigenvalue weighted by atomic mass is 35.5. The molecule has 1 N–H and O–H groups in total. The van der Waals surface area contributed by atoms with Gasteiger partial charge in [0.1, 0.15) is 10.7 Å². The number of benzene rings is 3. The first-order valence-corrected chi connectivity index (χ1v) is 14.9. The van der Waals surface area contributed by atoms with Crippen molar-refractivity contribution in [3.63, 3.8) is 0 Å². The molecular weight excluding hydrogens is 546 g/mol. The van der Waals surface area contributed by atoms with Gasteiger partial charge in [-0.25, -0.2) is 4.98 Å². The number of para-hydroxylation sites is 1. The lowest BCUT2D eigenvalue weighted by molar-refractivity contribution is 0.0934. The van der Waals surface area contributed by atoms with E-state index in [1.165, 1.54) is 28.7 Å². The minimum absolute atomic E-state index is 0.0492. The SMILES string of the molecule is Cc1ccccc1-n1c(SCc2nc(C(=O)NC(C)CCc3ccccc3)cs2)nnc1-c1ccccc1Cl. The van der Waals surface area contributed by atoms with Gasteiger partial charge in [-0.2, -0.15) is 0 Å². The highest BCUT2D eigenvalue weighted by Gasteiger charge is 2.20. The van der Waals surface area contributed by atoms with Gasteiger partial charge < -0.3 is 5.32 Å². The third kappa shape index (κ3) is 6.58. The molecule has 0 saturated heterocycles. The van der Waals surface area contributed by atoms with Crippen LogP contribution in [-0.2, 0) is 12.2 Å². The molecule has 3 aromatic carbocycles. The van der Waals surface area contributed by atoms with Crippen molar-refractivity contribution in [2.24, 2.45) is 0 Å². The number of thioether (sulfide) groups is 1. The van der Waals surface area contributed by atoms with Crippen molar-refractivity contribution in [3.05, 3.63) is 111 Å². The summed E-state index contributed by atoms with van der Waals surface area (Å²) < 4.78 is 2.04. The number of carbonyl (C=O) groups is 1. The number of aromatic nitrogens is 4. The summed E-state index contributed by atoms with van der Waals surface area (Å²) in [5.74, 6) is 1.10. The molecule has 0 fully saturated rings. The molecule has 0 aliphatic carbocycles. The first-order valence-electron chi connectivity index (χ1n) is 12.7. The third-order valence-electron chi connectivity index (χ3n) is 6.30. The van der Waals surface area contributed by atoms with Crippen LogP contribution in [0.1, 0.15) is 40.0 Å². The van der Waals surface area contributed by atoms with Gasteiger partial charge in [-0.1, -0.05) is 84.0 Å². The molecule has 0 aliphatic heterocycles. The van der Waals surface area contributed by atoms with Gasteiger partial charge in [0.05, 0.1) is 16.5 Å². The predicted molar refractivity (Wildman–Crippen MR) is 160 cm³/mol.